The maximum Gasteiger partial charge on any atom is 0.267 e. The van der Waals surface area contributed by atoms with Gasteiger partial charge in [0.15, 0.2) is 0 Å². The SMILES string of the molecule is CC(CNC(=O)c1cc(N)c[nH]1)N1CCCCC1. The lowest BCUT2D eigenvalue weighted by molar-refractivity contribution is 0.0925. The number of hydrogen-bond acceptors (Lipinski definition) is 3. The van der Waals surface area contributed by atoms with Crippen LogP contribution in [-0.4, -0.2) is 41.5 Å². The fraction of sp³-hybridized carbons (Fsp3) is 0.615. The Balaban J connectivity index is 1.78. The number of aromatic nitrogens is 1. The molecule has 1 aromatic rings. The maximum absolute atomic E-state index is 11.8. The molecule has 1 fully saturated rings. The number of hydrogen-bond donors (Lipinski definition) is 3. The van der Waals surface area contributed by atoms with Crippen LogP contribution in [0.15, 0.2) is 12.3 Å². The van der Waals surface area contributed by atoms with Crippen LogP contribution in [0, 0.1) is 0 Å². The van der Waals surface area contributed by atoms with Crippen LogP contribution in [-0.2, 0) is 0 Å². The lowest BCUT2D eigenvalue weighted by atomic mass is 10.1. The summed E-state index contributed by atoms with van der Waals surface area (Å²) in [7, 11) is 0. The van der Waals surface area contributed by atoms with Crippen molar-refractivity contribution in [2.24, 2.45) is 0 Å². The number of H-pyrrole nitrogens is 1. The van der Waals surface area contributed by atoms with Crippen LogP contribution >= 0.6 is 0 Å². The molecule has 0 radical (unpaired) electrons. The third-order valence-electron chi connectivity index (χ3n) is 3.52. The van der Waals surface area contributed by atoms with E-state index in [1.807, 2.05) is 0 Å². The van der Waals surface area contributed by atoms with Gasteiger partial charge in [-0.15, -0.1) is 0 Å². The Hall–Kier alpha value is -1.49. The Morgan fingerprint density at radius 2 is 2.22 bits per heavy atom. The number of likely N-dealkylation sites (tertiary alicyclic amines) is 1. The molecule has 1 aliphatic heterocycles. The molecule has 0 aliphatic carbocycles. The summed E-state index contributed by atoms with van der Waals surface area (Å²) in [6.45, 7) is 5.13. The highest BCUT2D eigenvalue weighted by Crippen LogP contribution is 2.11. The fourth-order valence-corrected chi connectivity index (χ4v) is 2.37. The largest absolute Gasteiger partial charge is 0.397 e. The van der Waals surface area contributed by atoms with Crippen LogP contribution in [0.4, 0.5) is 5.69 Å². The third kappa shape index (κ3) is 3.26. The van der Waals surface area contributed by atoms with E-state index in [-0.39, 0.29) is 5.91 Å². The molecule has 4 N–H and O–H groups in total. The molecule has 5 nitrogen and oxygen atoms in total. The summed E-state index contributed by atoms with van der Waals surface area (Å²) in [6.07, 6.45) is 5.50. The molecule has 1 amide bonds. The van der Waals surface area contributed by atoms with Crippen molar-refractivity contribution in [3.8, 4) is 0 Å². The first-order chi connectivity index (χ1) is 8.66. The van der Waals surface area contributed by atoms with E-state index in [1.54, 1.807) is 12.3 Å². The Morgan fingerprint density at radius 1 is 1.50 bits per heavy atom. The van der Waals surface area contributed by atoms with Gasteiger partial charge in [0, 0.05) is 24.5 Å². The van der Waals surface area contributed by atoms with Gasteiger partial charge in [0.25, 0.3) is 5.91 Å². The molecule has 2 heterocycles. The Labute approximate surface area is 108 Å². The molecule has 1 aliphatic rings. The van der Waals surface area contributed by atoms with E-state index in [9.17, 15) is 4.79 Å². The van der Waals surface area contributed by atoms with Gasteiger partial charge in [0.05, 0.1) is 0 Å². The van der Waals surface area contributed by atoms with Crippen molar-refractivity contribution in [2.75, 3.05) is 25.4 Å². The quantitative estimate of drug-likeness (QED) is 0.751. The number of rotatable bonds is 4. The average Bonchev–Trinajstić information content (AvgIpc) is 2.83. The second kappa shape index (κ2) is 5.91. The molecule has 1 saturated heterocycles. The number of anilines is 1. The van der Waals surface area contributed by atoms with Gasteiger partial charge in [-0.3, -0.25) is 9.69 Å². The molecule has 0 bridgehead atoms. The minimum absolute atomic E-state index is 0.0874. The van der Waals surface area contributed by atoms with Crippen molar-refractivity contribution >= 4 is 11.6 Å². The number of amides is 1. The smallest absolute Gasteiger partial charge is 0.267 e. The number of nitrogen functional groups attached to an aromatic ring is 1. The first-order valence-electron chi connectivity index (χ1n) is 6.63. The molecule has 18 heavy (non-hydrogen) atoms. The standard InChI is InChI=1S/C13H22N4O/c1-10(17-5-3-2-4-6-17)8-16-13(18)12-7-11(14)9-15-12/h7,9-10,15H,2-6,8,14H2,1H3,(H,16,18). The van der Waals surface area contributed by atoms with Gasteiger partial charge in [-0.1, -0.05) is 6.42 Å². The second-order valence-corrected chi connectivity index (χ2v) is 5.00. The zero-order chi connectivity index (χ0) is 13.0. The molecule has 5 heteroatoms. The van der Waals surface area contributed by atoms with E-state index in [0.29, 0.717) is 24.0 Å². The predicted molar refractivity (Wildman–Crippen MR) is 72.4 cm³/mol. The van der Waals surface area contributed by atoms with Crippen LogP contribution in [0.5, 0.6) is 0 Å². The maximum atomic E-state index is 11.8. The molecule has 1 atom stereocenters. The van der Waals surface area contributed by atoms with E-state index >= 15 is 0 Å². The van der Waals surface area contributed by atoms with Crippen molar-refractivity contribution < 1.29 is 4.79 Å². The minimum atomic E-state index is -0.0874. The van der Waals surface area contributed by atoms with Crippen LogP contribution in [0.2, 0.25) is 0 Å². The Kier molecular flexibility index (Phi) is 4.25. The third-order valence-corrected chi connectivity index (χ3v) is 3.52. The monoisotopic (exact) mass is 250 g/mol. The molecule has 0 saturated carbocycles. The number of aromatic amines is 1. The van der Waals surface area contributed by atoms with E-state index in [1.165, 1.54) is 19.3 Å². The lowest BCUT2D eigenvalue weighted by Crippen LogP contribution is -2.44. The first kappa shape index (κ1) is 13.0. The minimum Gasteiger partial charge on any atom is -0.397 e. The Bertz CT molecular complexity index is 395. The fourth-order valence-electron chi connectivity index (χ4n) is 2.37. The van der Waals surface area contributed by atoms with Gasteiger partial charge in [-0.25, -0.2) is 0 Å². The number of nitrogens with zero attached hydrogens (tertiary/aromatic N) is 1. The van der Waals surface area contributed by atoms with Crippen LogP contribution < -0.4 is 11.1 Å². The summed E-state index contributed by atoms with van der Waals surface area (Å²) >= 11 is 0. The molecule has 100 valence electrons. The van der Waals surface area contributed by atoms with Crippen molar-refractivity contribution in [1.82, 2.24) is 15.2 Å². The highest BCUT2D eigenvalue weighted by molar-refractivity contribution is 5.93. The van der Waals surface area contributed by atoms with E-state index in [0.717, 1.165) is 13.1 Å². The molecule has 0 spiro atoms. The van der Waals surface area contributed by atoms with Crippen LogP contribution in [0.1, 0.15) is 36.7 Å². The van der Waals surface area contributed by atoms with Crippen molar-refractivity contribution in [1.29, 1.82) is 0 Å². The highest BCUT2D eigenvalue weighted by atomic mass is 16.1. The van der Waals surface area contributed by atoms with E-state index in [4.69, 9.17) is 5.73 Å². The first-order valence-corrected chi connectivity index (χ1v) is 6.63. The average molecular weight is 250 g/mol. The summed E-state index contributed by atoms with van der Waals surface area (Å²) in [6, 6.07) is 2.04. The summed E-state index contributed by atoms with van der Waals surface area (Å²) < 4.78 is 0. The predicted octanol–water partition coefficient (Wildman–Crippen LogP) is 1.20. The lowest BCUT2D eigenvalue weighted by Gasteiger charge is -2.32. The number of nitrogens with two attached hydrogens (primary N) is 1. The highest BCUT2D eigenvalue weighted by Gasteiger charge is 2.17. The molecule has 0 aromatic carbocycles. The number of piperidine rings is 1. The van der Waals surface area contributed by atoms with Crippen LogP contribution in [0.3, 0.4) is 0 Å². The van der Waals surface area contributed by atoms with Gasteiger partial charge < -0.3 is 16.0 Å². The number of carbonyl (C=O) groups is 1. The summed E-state index contributed by atoms with van der Waals surface area (Å²) in [5.74, 6) is -0.0874. The van der Waals surface area contributed by atoms with Gasteiger partial charge in [0.1, 0.15) is 5.69 Å². The van der Waals surface area contributed by atoms with Gasteiger partial charge in [-0.05, 0) is 38.9 Å². The van der Waals surface area contributed by atoms with Crippen LogP contribution in [0.25, 0.3) is 0 Å². The van der Waals surface area contributed by atoms with Crippen molar-refractivity contribution in [3.05, 3.63) is 18.0 Å². The molecule has 2 rings (SSSR count). The summed E-state index contributed by atoms with van der Waals surface area (Å²) in [4.78, 5) is 17.1. The second-order valence-electron chi connectivity index (χ2n) is 5.00. The zero-order valence-corrected chi connectivity index (χ0v) is 10.9. The Morgan fingerprint density at radius 3 is 2.83 bits per heavy atom. The summed E-state index contributed by atoms with van der Waals surface area (Å²) in [5.41, 5.74) is 6.68. The van der Waals surface area contributed by atoms with Gasteiger partial charge >= 0.3 is 0 Å². The van der Waals surface area contributed by atoms with E-state index < -0.39 is 0 Å². The summed E-state index contributed by atoms with van der Waals surface area (Å²) in [5, 5.41) is 2.94. The normalized spacial score (nSPS) is 18.5. The van der Waals surface area contributed by atoms with Crippen molar-refractivity contribution in [2.45, 2.75) is 32.2 Å². The molecular formula is C13H22N4O. The van der Waals surface area contributed by atoms with Gasteiger partial charge in [-0.2, -0.15) is 0 Å². The molecule has 1 aromatic heterocycles. The zero-order valence-electron chi connectivity index (χ0n) is 10.9. The van der Waals surface area contributed by atoms with E-state index in [2.05, 4.69) is 22.1 Å². The number of carbonyl (C=O) groups excluding carboxylic acids is 1. The number of nitrogens with one attached hydrogen (secondary N) is 2. The topological polar surface area (TPSA) is 74.1 Å². The molecular weight excluding hydrogens is 228 g/mol. The molecule has 1 unspecified atom stereocenters. The van der Waals surface area contributed by atoms with Gasteiger partial charge in [0.2, 0.25) is 0 Å². The van der Waals surface area contributed by atoms with Crippen molar-refractivity contribution in [3.63, 3.8) is 0 Å².